The van der Waals surface area contributed by atoms with E-state index in [2.05, 4.69) is 27.1 Å². The van der Waals surface area contributed by atoms with Gasteiger partial charge in [0.25, 0.3) is 0 Å². The predicted molar refractivity (Wildman–Crippen MR) is 85.7 cm³/mol. The van der Waals surface area contributed by atoms with Crippen LogP contribution in [-0.2, 0) is 13.0 Å². The molecule has 0 radical (unpaired) electrons. The first-order valence-corrected chi connectivity index (χ1v) is 8.45. The summed E-state index contributed by atoms with van der Waals surface area (Å²) in [5, 5.41) is 3.12. The maximum absolute atomic E-state index is 12.3. The zero-order chi connectivity index (χ0) is 15.5. The van der Waals surface area contributed by atoms with Crippen molar-refractivity contribution in [3.63, 3.8) is 0 Å². The number of carbonyl (C=O) groups is 1. The molecule has 2 N–H and O–H groups in total. The van der Waals surface area contributed by atoms with Crippen molar-refractivity contribution < 1.29 is 4.79 Å². The second-order valence-electron chi connectivity index (χ2n) is 6.56. The molecule has 6 heteroatoms. The van der Waals surface area contributed by atoms with Gasteiger partial charge in [-0.05, 0) is 38.8 Å². The maximum atomic E-state index is 12.3. The van der Waals surface area contributed by atoms with Crippen molar-refractivity contribution in [2.24, 2.45) is 5.92 Å². The van der Waals surface area contributed by atoms with Gasteiger partial charge in [0.1, 0.15) is 5.82 Å². The zero-order valence-electron chi connectivity index (χ0n) is 13.7. The highest BCUT2D eigenvalue weighted by atomic mass is 16.2. The molecule has 122 valence electrons. The topological polar surface area (TPSA) is 64.3 Å². The Hall–Kier alpha value is -1.56. The van der Waals surface area contributed by atoms with Crippen LogP contribution >= 0.6 is 0 Å². The number of rotatable bonds is 4. The number of aryl methyl sites for hydroxylation is 1. The minimum atomic E-state index is 0.0619. The highest BCUT2D eigenvalue weighted by molar-refractivity contribution is 5.74. The van der Waals surface area contributed by atoms with Gasteiger partial charge < -0.3 is 20.1 Å². The van der Waals surface area contributed by atoms with E-state index in [4.69, 9.17) is 0 Å². The number of amides is 2. The van der Waals surface area contributed by atoms with Crippen LogP contribution in [0, 0.1) is 12.8 Å². The number of carbonyl (C=O) groups excluding carboxylic acids is 1. The second-order valence-corrected chi connectivity index (χ2v) is 6.56. The lowest BCUT2D eigenvalue weighted by atomic mass is 10.1. The van der Waals surface area contributed by atoms with Crippen LogP contribution < -0.4 is 5.32 Å². The lowest BCUT2D eigenvalue weighted by Crippen LogP contribution is -2.44. The fourth-order valence-corrected chi connectivity index (χ4v) is 3.55. The molecule has 3 rings (SSSR count). The number of H-pyrrole nitrogens is 1. The molecule has 22 heavy (non-hydrogen) atoms. The lowest BCUT2D eigenvalue weighted by molar-refractivity contribution is 0.189. The zero-order valence-corrected chi connectivity index (χ0v) is 13.7. The molecule has 0 aromatic carbocycles. The number of hydrogen-bond acceptors (Lipinski definition) is 3. The third-order valence-corrected chi connectivity index (χ3v) is 4.69. The van der Waals surface area contributed by atoms with E-state index in [1.165, 1.54) is 25.9 Å². The molecule has 0 bridgehead atoms. The van der Waals surface area contributed by atoms with Crippen molar-refractivity contribution in [1.82, 2.24) is 25.1 Å². The summed E-state index contributed by atoms with van der Waals surface area (Å²) in [5.74, 6) is 1.54. The molecular weight excluding hydrogens is 278 g/mol. The Morgan fingerprint density at radius 2 is 2.32 bits per heavy atom. The SMILES string of the molecule is CCCN1CCC(CNC(=O)N2CCc3nc(C)[nH]c3C2)C1. The molecule has 2 aliphatic rings. The molecule has 0 spiro atoms. The molecule has 6 nitrogen and oxygen atoms in total. The van der Waals surface area contributed by atoms with Crippen molar-refractivity contribution >= 4 is 6.03 Å². The first-order valence-electron chi connectivity index (χ1n) is 8.45. The van der Waals surface area contributed by atoms with Gasteiger partial charge in [0.05, 0.1) is 17.9 Å². The van der Waals surface area contributed by atoms with E-state index in [1.807, 2.05) is 11.8 Å². The van der Waals surface area contributed by atoms with Crippen LogP contribution in [0.25, 0.3) is 0 Å². The molecule has 1 saturated heterocycles. The first kappa shape index (κ1) is 15.3. The van der Waals surface area contributed by atoms with Crippen LogP contribution in [0.1, 0.15) is 37.0 Å². The smallest absolute Gasteiger partial charge is 0.317 e. The van der Waals surface area contributed by atoms with E-state index in [1.54, 1.807) is 0 Å². The molecule has 1 unspecified atom stereocenters. The highest BCUT2D eigenvalue weighted by Crippen LogP contribution is 2.18. The number of fused-ring (bicyclic) bond motifs is 1. The summed E-state index contributed by atoms with van der Waals surface area (Å²) < 4.78 is 0. The Bertz CT molecular complexity index is 527. The van der Waals surface area contributed by atoms with Crippen molar-refractivity contribution in [3.05, 3.63) is 17.2 Å². The number of aromatic nitrogens is 2. The van der Waals surface area contributed by atoms with Crippen LogP contribution in [0.4, 0.5) is 4.79 Å². The number of nitrogens with one attached hydrogen (secondary N) is 2. The Morgan fingerprint density at radius 3 is 3.14 bits per heavy atom. The van der Waals surface area contributed by atoms with Crippen LogP contribution in [0.2, 0.25) is 0 Å². The van der Waals surface area contributed by atoms with Crippen LogP contribution in [0.3, 0.4) is 0 Å². The number of hydrogen-bond donors (Lipinski definition) is 2. The van der Waals surface area contributed by atoms with Crippen molar-refractivity contribution in [2.75, 3.05) is 32.7 Å². The molecule has 1 fully saturated rings. The Kier molecular flexibility index (Phi) is 4.66. The average molecular weight is 305 g/mol. The third kappa shape index (κ3) is 3.43. The number of likely N-dealkylation sites (tertiary alicyclic amines) is 1. The first-order chi connectivity index (χ1) is 10.7. The molecule has 2 amide bonds. The predicted octanol–water partition coefficient (Wildman–Crippen LogP) is 1.52. The van der Waals surface area contributed by atoms with E-state index in [0.29, 0.717) is 12.5 Å². The van der Waals surface area contributed by atoms with Gasteiger partial charge >= 0.3 is 6.03 Å². The molecule has 0 aliphatic carbocycles. The average Bonchev–Trinajstić information content (AvgIpc) is 3.09. The standard InChI is InChI=1S/C16H27N5O/c1-3-6-20-7-4-13(10-20)9-17-16(22)21-8-5-14-15(11-21)19-12(2)18-14/h13H,3-11H2,1-2H3,(H,17,22)(H,18,19). The maximum Gasteiger partial charge on any atom is 0.317 e. The summed E-state index contributed by atoms with van der Waals surface area (Å²) in [6.07, 6.45) is 3.25. The number of nitrogens with zero attached hydrogens (tertiary/aromatic N) is 3. The fourth-order valence-electron chi connectivity index (χ4n) is 3.55. The third-order valence-electron chi connectivity index (χ3n) is 4.69. The number of urea groups is 1. The Labute approximate surface area is 132 Å². The van der Waals surface area contributed by atoms with Gasteiger partial charge in [0.15, 0.2) is 0 Å². The molecule has 1 atom stereocenters. The molecule has 0 saturated carbocycles. The van der Waals surface area contributed by atoms with Crippen molar-refractivity contribution in [1.29, 1.82) is 0 Å². The normalized spacial score (nSPS) is 21.9. The van der Waals surface area contributed by atoms with Crippen LogP contribution in [0.15, 0.2) is 0 Å². The quantitative estimate of drug-likeness (QED) is 0.886. The minimum absolute atomic E-state index is 0.0619. The number of aromatic amines is 1. The van der Waals surface area contributed by atoms with Crippen molar-refractivity contribution in [3.8, 4) is 0 Å². The molecule has 3 heterocycles. The van der Waals surface area contributed by atoms with Gasteiger partial charge in [-0.1, -0.05) is 6.92 Å². The van der Waals surface area contributed by atoms with E-state index in [-0.39, 0.29) is 6.03 Å². The van der Waals surface area contributed by atoms with Gasteiger partial charge in [-0.15, -0.1) is 0 Å². The fraction of sp³-hybridized carbons (Fsp3) is 0.750. The number of imidazole rings is 1. The molecule has 2 aliphatic heterocycles. The molecule has 1 aromatic rings. The van der Waals surface area contributed by atoms with Gasteiger partial charge in [-0.3, -0.25) is 0 Å². The van der Waals surface area contributed by atoms with Crippen LogP contribution in [-0.4, -0.2) is 58.5 Å². The summed E-state index contributed by atoms with van der Waals surface area (Å²) >= 11 is 0. The summed E-state index contributed by atoms with van der Waals surface area (Å²) in [4.78, 5) is 24.4. The van der Waals surface area contributed by atoms with E-state index < -0.39 is 0 Å². The summed E-state index contributed by atoms with van der Waals surface area (Å²) in [6.45, 7) is 9.86. The highest BCUT2D eigenvalue weighted by Gasteiger charge is 2.25. The van der Waals surface area contributed by atoms with Crippen LogP contribution in [0.5, 0.6) is 0 Å². The Balaban J connectivity index is 1.45. The van der Waals surface area contributed by atoms with Gasteiger partial charge in [0.2, 0.25) is 0 Å². The second kappa shape index (κ2) is 6.69. The van der Waals surface area contributed by atoms with E-state index >= 15 is 0 Å². The summed E-state index contributed by atoms with van der Waals surface area (Å²) in [6, 6.07) is 0.0619. The lowest BCUT2D eigenvalue weighted by Gasteiger charge is -2.27. The van der Waals surface area contributed by atoms with Crippen molar-refractivity contribution in [2.45, 2.75) is 39.7 Å². The largest absolute Gasteiger partial charge is 0.344 e. The monoisotopic (exact) mass is 305 g/mol. The van der Waals surface area contributed by atoms with E-state index in [9.17, 15) is 4.79 Å². The van der Waals surface area contributed by atoms with Gasteiger partial charge in [-0.25, -0.2) is 9.78 Å². The Morgan fingerprint density at radius 1 is 1.45 bits per heavy atom. The summed E-state index contributed by atoms with van der Waals surface area (Å²) in [7, 11) is 0. The molecular formula is C16H27N5O. The minimum Gasteiger partial charge on any atom is -0.344 e. The van der Waals surface area contributed by atoms with E-state index in [0.717, 1.165) is 43.3 Å². The molecule has 1 aromatic heterocycles. The van der Waals surface area contributed by atoms with Gasteiger partial charge in [0, 0.05) is 26.1 Å². The van der Waals surface area contributed by atoms with Gasteiger partial charge in [-0.2, -0.15) is 0 Å². The summed E-state index contributed by atoms with van der Waals surface area (Å²) in [5.41, 5.74) is 2.21.